The van der Waals surface area contributed by atoms with Crippen LogP contribution in [0.2, 0.25) is 10.0 Å². The molecule has 5 nitrogen and oxygen atoms in total. The fourth-order valence-corrected chi connectivity index (χ4v) is 3.77. The van der Waals surface area contributed by atoms with Gasteiger partial charge in [0, 0.05) is 22.6 Å². The molecule has 1 heterocycles. The summed E-state index contributed by atoms with van der Waals surface area (Å²) in [6.45, 7) is 1.84. The Bertz CT molecular complexity index is 1090. The van der Waals surface area contributed by atoms with Gasteiger partial charge in [0.05, 0.1) is 16.4 Å². The number of furan rings is 1. The average Bonchev–Trinajstić information content (AvgIpc) is 3.07. The molecule has 0 atom stereocenters. The van der Waals surface area contributed by atoms with Crippen LogP contribution in [0.5, 0.6) is 5.75 Å². The number of aryl methyl sites for hydroxylation is 1. The fraction of sp³-hybridized carbons (Fsp3) is 0.182. The molecule has 1 N–H and O–H groups in total. The lowest BCUT2D eigenvalue weighted by molar-refractivity contribution is 0.0698. The van der Waals surface area contributed by atoms with Gasteiger partial charge >= 0.3 is 5.97 Å². The number of ether oxygens (including phenoxy) is 1. The van der Waals surface area contributed by atoms with Crippen molar-refractivity contribution >= 4 is 40.6 Å². The van der Waals surface area contributed by atoms with E-state index in [0.717, 1.165) is 42.0 Å². The van der Waals surface area contributed by atoms with Crippen LogP contribution in [0, 0.1) is 6.92 Å². The third-order valence-electron chi connectivity index (χ3n) is 4.70. The highest BCUT2D eigenvalue weighted by molar-refractivity contribution is 6.35. The number of fused-ring (bicyclic) bond motifs is 1. The van der Waals surface area contributed by atoms with Crippen molar-refractivity contribution in [2.75, 3.05) is 5.43 Å². The number of anilines is 1. The largest absolute Gasteiger partial charge is 0.453 e. The van der Waals surface area contributed by atoms with E-state index < -0.39 is 5.97 Å². The lowest BCUT2D eigenvalue weighted by atomic mass is 9.93. The molecule has 0 unspecified atom stereocenters. The van der Waals surface area contributed by atoms with Crippen LogP contribution in [0.4, 0.5) is 5.69 Å². The summed E-state index contributed by atoms with van der Waals surface area (Å²) in [6.07, 6.45) is 2.44. The number of nitrogens with zero attached hydrogens (tertiary/aromatic N) is 1. The Morgan fingerprint density at radius 2 is 1.93 bits per heavy atom. The number of carbonyl (C=O) groups is 1. The number of halogens is 2. The van der Waals surface area contributed by atoms with Crippen molar-refractivity contribution in [2.24, 2.45) is 5.10 Å². The zero-order valence-corrected chi connectivity index (χ0v) is 17.2. The Hall–Kier alpha value is -2.76. The highest BCUT2D eigenvalue weighted by Gasteiger charge is 2.29. The first-order valence-electron chi connectivity index (χ1n) is 9.20. The van der Waals surface area contributed by atoms with Crippen molar-refractivity contribution in [3.05, 3.63) is 81.2 Å². The molecule has 148 valence electrons. The minimum Gasteiger partial charge on any atom is -0.453 e. The van der Waals surface area contributed by atoms with Crippen LogP contribution >= 0.6 is 23.2 Å². The van der Waals surface area contributed by atoms with Gasteiger partial charge in [-0.2, -0.15) is 5.10 Å². The van der Waals surface area contributed by atoms with Crippen molar-refractivity contribution in [3.8, 4) is 5.75 Å². The van der Waals surface area contributed by atoms with E-state index in [9.17, 15) is 4.79 Å². The van der Waals surface area contributed by atoms with Crippen LogP contribution in [-0.4, -0.2) is 11.7 Å². The van der Waals surface area contributed by atoms with E-state index in [0.29, 0.717) is 10.6 Å². The average molecular weight is 429 g/mol. The maximum atomic E-state index is 12.7. The van der Waals surface area contributed by atoms with Gasteiger partial charge in [0.2, 0.25) is 5.76 Å². The van der Waals surface area contributed by atoms with Crippen LogP contribution in [0.1, 0.15) is 40.3 Å². The van der Waals surface area contributed by atoms with Crippen molar-refractivity contribution in [2.45, 2.75) is 26.2 Å². The summed E-state index contributed by atoms with van der Waals surface area (Å²) in [7, 11) is 0. The van der Waals surface area contributed by atoms with Gasteiger partial charge in [-0.05, 0) is 50.1 Å². The second kappa shape index (κ2) is 8.31. The number of carbonyl (C=O) groups excluding carboxylic acids is 1. The van der Waals surface area contributed by atoms with Gasteiger partial charge in [-0.1, -0.05) is 41.4 Å². The maximum Gasteiger partial charge on any atom is 0.379 e. The standard InChI is InChI=1S/C22H18Cl2N2O3/c1-13-20-17(26-25-15-6-3-2-4-7-15)8-5-9-19(20)28-21(13)22(27)29-18-11-10-14(23)12-16(18)24/h2-4,6-7,10-12,25H,5,8-9H2,1H3/b26-17+. The number of benzene rings is 2. The first-order valence-corrected chi connectivity index (χ1v) is 9.96. The zero-order valence-electron chi connectivity index (χ0n) is 15.7. The van der Waals surface area contributed by atoms with Crippen molar-refractivity contribution in [1.82, 2.24) is 0 Å². The Kier molecular flexibility index (Phi) is 5.60. The van der Waals surface area contributed by atoms with Crippen molar-refractivity contribution in [1.29, 1.82) is 0 Å². The van der Waals surface area contributed by atoms with Crippen LogP contribution < -0.4 is 10.2 Å². The van der Waals surface area contributed by atoms with E-state index in [4.69, 9.17) is 32.4 Å². The SMILES string of the molecule is Cc1c(C(=O)Oc2ccc(Cl)cc2Cl)oc2c1/C(=N/Nc1ccccc1)CCC2. The molecular formula is C22H18Cl2N2O3. The van der Waals surface area contributed by atoms with Gasteiger partial charge in [0.25, 0.3) is 0 Å². The van der Waals surface area contributed by atoms with Gasteiger partial charge in [-0.3, -0.25) is 5.43 Å². The topological polar surface area (TPSA) is 63.8 Å². The summed E-state index contributed by atoms with van der Waals surface area (Å²) in [4.78, 5) is 12.7. The molecule has 0 aliphatic heterocycles. The molecule has 1 aliphatic rings. The number of para-hydroxylation sites is 1. The molecule has 4 rings (SSSR count). The summed E-state index contributed by atoms with van der Waals surface area (Å²) in [5, 5.41) is 5.28. The van der Waals surface area contributed by atoms with Gasteiger partial charge in [-0.15, -0.1) is 0 Å². The molecule has 0 amide bonds. The number of nitrogens with one attached hydrogen (secondary N) is 1. The number of rotatable bonds is 4. The van der Waals surface area contributed by atoms with Crippen molar-refractivity contribution in [3.63, 3.8) is 0 Å². The van der Waals surface area contributed by atoms with Crippen LogP contribution in [0.3, 0.4) is 0 Å². The number of esters is 1. The van der Waals surface area contributed by atoms with Crippen LogP contribution in [0.25, 0.3) is 0 Å². The first kappa shape index (κ1) is 19.6. The molecule has 1 aliphatic carbocycles. The number of hydrazone groups is 1. The first-order chi connectivity index (χ1) is 14.0. The minimum atomic E-state index is -0.600. The summed E-state index contributed by atoms with van der Waals surface area (Å²) >= 11 is 12.0. The summed E-state index contributed by atoms with van der Waals surface area (Å²) in [5.74, 6) is 0.540. The monoisotopic (exact) mass is 428 g/mol. The Balaban J connectivity index is 1.61. The molecule has 0 radical (unpaired) electrons. The third kappa shape index (κ3) is 4.16. The summed E-state index contributed by atoms with van der Waals surface area (Å²) in [5.41, 5.74) is 6.41. The lowest BCUT2D eigenvalue weighted by Gasteiger charge is -2.13. The Morgan fingerprint density at radius 3 is 2.69 bits per heavy atom. The quantitative estimate of drug-likeness (QED) is 0.302. The second-order valence-corrected chi connectivity index (χ2v) is 7.55. The predicted octanol–water partition coefficient (Wildman–Crippen LogP) is 6.27. The fourth-order valence-electron chi connectivity index (χ4n) is 3.32. The Labute approximate surface area is 178 Å². The minimum absolute atomic E-state index is 0.162. The lowest BCUT2D eigenvalue weighted by Crippen LogP contribution is -2.13. The molecule has 0 fully saturated rings. The third-order valence-corrected chi connectivity index (χ3v) is 5.23. The van der Waals surface area contributed by atoms with E-state index in [1.165, 1.54) is 6.07 Å². The van der Waals surface area contributed by atoms with Gasteiger partial charge < -0.3 is 9.15 Å². The van der Waals surface area contributed by atoms with E-state index in [1.54, 1.807) is 12.1 Å². The van der Waals surface area contributed by atoms with Crippen LogP contribution in [0.15, 0.2) is 58.0 Å². The molecule has 0 bridgehead atoms. The number of hydrogen-bond acceptors (Lipinski definition) is 5. The number of hydrogen-bond donors (Lipinski definition) is 1. The molecule has 0 spiro atoms. The maximum absolute atomic E-state index is 12.7. The molecule has 2 aromatic carbocycles. The summed E-state index contributed by atoms with van der Waals surface area (Å²) < 4.78 is 11.3. The zero-order chi connectivity index (χ0) is 20.4. The van der Waals surface area contributed by atoms with Crippen LogP contribution in [-0.2, 0) is 6.42 Å². The highest BCUT2D eigenvalue weighted by atomic mass is 35.5. The highest BCUT2D eigenvalue weighted by Crippen LogP contribution is 2.32. The molecule has 0 saturated carbocycles. The Morgan fingerprint density at radius 1 is 1.14 bits per heavy atom. The van der Waals surface area contributed by atoms with Gasteiger partial charge in [-0.25, -0.2) is 4.79 Å². The molecule has 0 saturated heterocycles. The molecule has 1 aromatic heterocycles. The normalized spacial score (nSPS) is 14.5. The predicted molar refractivity (Wildman–Crippen MR) is 114 cm³/mol. The molecular weight excluding hydrogens is 411 g/mol. The second-order valence-electron chi connectivity index (χ2n) is 6.71. The molecule has 7 heteroatoms. The van der Waals surface area contributed by atoms with Gasteiger partial charge in [0.15, 0.2) is 0 Å². The molecule has 3 aromatic rings. The smallest absolute Gasteiger partial charge is 0.379 e. The van der Waals surface area contributed by atoms with Gasteiger partial charge in [0.1, 0.15) is 11.5 Å². The van der Waals surface area contributed by atoms with Crippen molar-refractivity contribution < 1.29 is 13.9 Å². The van der Waals surface area contributed by atoms with E-state index in [-0.39, 0.29) is 16.5 Å². The van der Waals surface area contributed by atoms with E-state index in [1.807, 2.05) is 37.3 Å². The molecule has 29 heavy (non-hydrogen) atoms. The van der Waals surface area contributed by atoms with E-state index >= 15 is 0 Å². The summed E-state index contributed by atoms with van der Waals surface area (Å²) in [6, 6.07) is 14.4. The van der Waals surface area contributed by atoms with E-state index in [2.05, 4.69) is 10.5 Å².